The first-order valence-corrected chi connectivity index (χ1v) is 8.25. The molecule has 1 saturated carbocycles. The highest BCUT2D eigenvalue weighted by Gasteiger charge is 2.47. The van der Waals surface area contributed by atoms with Crippen molar-refractivity contribution < 1.29 is 19.1 Å². The van der Waals surface area contributed by atoms with Crippen molar-refractivity contribution >= 4 is 12.0 Å². The first-order chi connectivity index (χ1) is 11.1. The molecule has 0 N–H and O–H groups in total. The third kappa shape index (κ3) is 2.98. The molecule has 0 spiro atoms. The molecule has 1 heterocycles. The van der Waals surface area contributed by atoms with Gasteiger partial charge in [0.1, 0.15) is 12.2 Å². The van der Waals surface area contributed by atoms with Gasteiger partial charge in [0.05, 0.1) is 6.04 Å². The van der Waals surface area contributed by atoms with Crippen molar-refractivity contribution in [3.05, 3.63) is 35.9 Å². The molecule has 2 amide bonds. The van der Waals surface area contributed by atoms with Gasteiger partial charge in [-0.15, -0.1) is 0 Å². The van der Waals surface area contributed by atoms with E-state index in [0.29, 0.717) is 0 Å². The number of imide groups is 1. The molecule has 1 unspecified atom stereocenters. The SMILES string of the molecule is COC(C(=O)N1C(=O)O[C@@H](c2ccccc2)[C@H]1C)C1CCCC1. The van der Waals surface area contributed by atoms with E-state index < -0.39 is 18.3 Å². The van der Waals surface area contributed by atoms with Crippen molar-refractivity contribution in [2.24, 2.45) is 5.92 Å². The first kappa shape index (κ1) is 16.0. The lowest BCUT2D eigenvalue weighted by Gasteiger charge is -2.26. The number of ether oxygens (including phenoxy) is 2. The Morgan fingerprint density at radius 3 is 2.52 bits per heavy atom. The van der Waals surface area contributed by atoms with E-state index in [1.807, 2.05) is 37.3 Å². The van der Waals surface area contributed by atoms with Crippen molar-refractivity contribution in [1.82, 2.24) is 4.90 Å². The number of methoxy groups -OCH3 is 1. The number of benzene rings is 1. The first-order valence-electron chi connectivity index (χ1n) is 8.25. The number of cyclic esters (lactones) is 1. The summed E-state index contributed by atoms with van der Waals surface area (Å²) in [5, 5.41) is 0. The second-order valence-electron chi connectivity index (χ2n) is 6.36. The van der Waals surface area contributed by atoms with Gasteiger partial charge in [-0.05, 0) is 31.2 Å². The second kappa shape index (κ2) is 6.71. The molecule has 124 valence electrons. The largest absolute Gasteiger partial charge is 0.439 e. The Bertz CT molecular complexity index is 568. The van der Waals surface area contributed by atoms with Gasteiger partial charge in [0, 0.05) is 7.11 Å². The van der Waals surface area contributed by atoms with Crippen LogP contribution in [0.3, 0.4) is 0 Å². The number of carbonyl (C=O) groups is 2. The van der Waals surface area contributed by atoms with Gasteiger partial charge in [0.15, 0.2) is 0 Å². The van der Waals surface area contributed by atoms with Crippen molar-refractivity contribution in [3.8, 4) is 0 Å². The summed E-state index contributed by atoms with van der Waals surface area (Å²) in [6.45, 7) is 1.85. The lowest BCUT2D eigenvalue weighted by molar-refractivity contribution is -0.143. The predicted molar refractivity (Wildman–Crippen MR) is 84.7 cm³/mol. The fourth-order valence-electron chi connectivity index (χ4n) is 3.74. The molecule has 1 aromatic carbocycles. The Kier molecular flexibility index (Phi) is 4.66. The lowest BCUT2D eigenvalue weighted by atomic mass is 9.98. The molecule has 5 nitrogen and oxygen atoms in total. The van der Waals surface area contributed by atoms with E-state index in [1.165, 1.54) is 4.90 Å². The summed E-state index contributed by atoms with van der Waals surface area (Å²) in [5.41, 5.74) is 0.901. The Hall–Kier alpha value is -1.88. The minimum Gasteiger partial charge on any atom is -0.439 e. The fraction of sp³-hybridized carbons (Fsp3) is 0.556. The molecule has 5 heteroatoms. The van der Waals surface area contributed by atoms with Crippen molar-refractivity contribution in [2.75, 3.05) is 7.11 Å². The molecular formula is C18H23NO4. The number of amides is 2. The number of hydrogen-bond acceptors (Lipinski definition) is 4. The maximum Gasteiger partial charge on any atom is 0.417 e. The van der Waals surface area contributed by atoms with Crippen LogP contribution in [0.5, 0.6) is 0 Å². The van der Waals surface area contributed by atoms with Gasteiger partial charge in [0.2, 0.25) is 0 Å². The minimum atomic E-state index is -0.573. The standard InChI is InChI=1S/C18H23NO4/c1-12-15(13-8-4-3-5-9-13)23-18(21)19(12)17(20)16(22-2)14-10-6-7-11-14/h3-5,8-9,12,14-16H,6-7,10-11H2,1-2H3/t12-,15-,16?/m1/s1. The van der Waals surface area contributed by atoms with Gasteiger partial charge in [-0.3, -0.25) is 4.79 Å². The summed E-state index contributed by atoms with van der Waals surface area (Å²) in [6.07, 6.45) is 2.63. The Morgan fingerprint density at radius 1 is 1.26 bits per heavy atom. The van der Waals surface area contributed by atoms with Crippen LogP contribution < -0.4 is 0 Å². The Morgan fingerprint density at radius 2 is 1.91 bits per heavy atom. The topological polar surface area (TPSA) is 55.8 Å². The highest BCUT2D eigenvalue weighted by molar-refractivity contribution is 5.96. The van der Waals surface area contributed by atoms with Gasteiger partial charge in [-0.1, -0.05) is 43.2 Å². The molecule has 0 bridgehead atoms. The second-order valence-corrected chi connectivity index (χ2v) is 6.36. The van der Waals surface area contributed by atoms with E-state index in [1.54, 1.807) is 7.11 Å². The fourth-order valence-corrected chi connectivity index (χ4v) is 3.74. The average Bonchev–Trinajstić information content (AvgIpc) is 3.17. The molecule has 1 aromatic rings. The van der Waals surface area contributed by atoms with Crippen LogP contribution in [0.1, 0.15) is 44.3 Å². The maximum absolute atomic E-state index is 12.9. The molecule has 2 aliphatic rings. The predicted octanol–water partition coefficient (Wildman–Crippen LogP) is 3.30. The van der Waals surface area contributed by atoms with Crippen LogP contribution in [0.15, 0.2) is 30.3 Å². The zero-order valence-corrected chi connectivity index (χ0v) is 13.6. The Balaban J connectivity index is 1.79. The van der Waals surface area contributed by atoms with Gasteiger partial charge in [0.25, 0.3) is 5.91 Å². The van der Waals surface area contributed by atoms with Gasteiger partial charge in [-0.25, -0.2) is 9.69 Å². The van der Waals surface area contributed by atoms with Crippen LogP contribution in [-0.2, 0) is 14.3 Å². The molecule has 0 radical (unpaired) electrons. The Labute approximate surface area is 136 Å². The lowest BCUT2D eigenvalue weighted by Crippen LogP contribution is -2.47. The zero-order chi connectivity index (χ0) is 16.4. The van der Waals surface area contributed by atoms with Gasteiger partial charge in [-0.2, -0.15) is 0 Å². The molecule has 23 heavy (non-hydrogen) atoms. The molecule has 0 aromatic heterocycles. The van der Waals surface area contributed by atoms with Crippen LogP contribution in [0.2, 0.25) is 0 Å². The monoisotopic (exact) mass is 317 g/mol. The number of nitrogens with zero attached hydrogens (tertiary/aromatic N) is 1. The van der Waals surface area contributed by atoms with Crippen LogP contribution in [0.25, 0.3) is 0 Å². The third-order valence-corrected chi connectivity index (χ3v) is 4.96. The van der Waals surface area contributed by atoms with Crippen molar-refractivity contribution in [1.29, 1.82) is 0 Å². The average molecular weight is 317 g/mol. The molecule has 1 aliphatic heterocycles. The van der Waals surface area contributed by atoms with E-state index in [-0.39, 0.29) is 17.9 Å². The molecule has 1 aliphatic carbocycles. The summed E-state index contributed by atoms with van der Waals surface area (Å²) in [7, 11) is 1.54. The van der Waals surface area contributed by atoms with Crippen molar-refractivity contribution in [2.45, 2.75) is 50.9 Å². The highest BCUT2D eigenvalue weighted by atomic mass is 16.6. The molecular weight excluding hydrogens is 294 g/mol. The van der Waals surface area contributed by atoms with Crippen LogP contribution in [0.4, 0.5) is 4.79 Å². The van der Waals surface area contributed by atoms with E-state index in [0.717, 1.165) is 31.2 Å². The zero-order valence-electron chi connectivity index (χ0n) is 13.6. The van der Waals surface area contributed by atoms with Crippen molar-refractivity contribution in [3.63, 3.8) is 0 Å². The van der Waals surface area contributed by atoms with E-state index in [4.69, 9.17) is 9.47 Å². The quantitative estimate of drug-likeness (QED) is 0.855. The number of hydrogen-bond donors (Lipinski definition) is 0. The summed E-state index contributed by atoms with van der Waals surface area (Å²) in [5.74, 6) is -0.0707. The molecule has 1 saturated heterocycles. The number of carbonyl (C=O) groups excluding carboxylic acids is 2. The number of rotatable bonds is 4. The minimum absolute atomic E-state index is 0.197. The van der Waals surface area contributed by atoms with Crippen LogP contribution in [0, 0.1) is 5.92 Å². The summed E-state index contributed by atoms with van der Waals surface area (Å²) in [4.78, 5) is 26.4. The van der Waals surface area contributed by atoms with Crippen LogP contribution >= 0.6 is 0 Å². The summed E-state index contributed by atoms with van der Waals surface area (Å²) in [6, 6.07) is 9.19. The molecule has 3 atom stereocenters. The summed E-state index contributed by atoms with van der Waals surface area (Å²) >= 11 is 0. The normalized spacial score (nSPS) is 26.3. The van der Waals surface area contributed by atoms with E-state index >= 15 is 0 Å². The van der Waals surface area contributed by atoms with Crippen LogP contribution in [-0.4, -0.2) is 36.2 Å². The maximum atomic E-state index is 12.9. The van der Waals surface area contributed by atoms with E-state index in [9.17, 15) is 9.59 Å². The smallest absolute Gasteiger partial charge is 0.417 e. The molecule has 3 rings (SSSR count). The molecule has 2 fully saturated rings. The van der Waals surface area contributed by atoms with Gasteiger partial charge < -0.3 is 9.47 Å². The third-order valence-electron chi connectivity index (χ3n) is 4.96. The highest BCUT2D eigenvalue weighted by Crippen LogP contribution is 2.35. The summed E-state index contributed by atoms with van der Waals surface area (Å²) < 4.78 is 10.9. The van der Waals surface area contributed by atoms with E-state index in [2.05, 4.69) is 0 Å². The van der Waals surface area contributed by atoms with Gasteiger partial charge >= 0.3 is 6.09 Å².